The molecule has 1 amide bonds. The van der Waals surface area contributed by atoms with E-state index < -0.39 is 0 Å². The lowest BCUT2D eigenvalue weighted by Crippen LogP contribution is -2.34. The lowest BCUT2D eigenvalue weighted by Gasteiger charge is -2.23. The minimum Gasteiger partial charge on any atom is -0.331 e. The van der Waals surface area contributed by atoms with Crippen molar-refractivity contribution in [3.8, 4) is 11.3 Å². The van der Waals surface area contributed by atoms with Gasteiger partial charge in [0.1, 0.15) is 0 Å². The molecule has 0 radical (unpaired) electrons. The molecule has 1 N–H and O–H groups in total. The van der Waals surface area contributed by atoms with Gasteiger partial charge in [-0.25, -0.2) is 4.98 Å². The van der Waals surface area contributed by atoms with Gasteiger partial charge in [0.2, 0.25) is 5.78 Å². The van der Waals surface area contributed by atoms with E-state index in [4.69, 9.17) is 0 Å². The van der Waals surface area contributed by atoms with E-state index in [0.717, 1.165) is 34.7 Å². The Morgan fingerprint density at radius 1 is 1.35 bits per heavy atom. The van der Waals surface area contributed by atoms with E-state index in [9.17, 15) is 4.79 Å². The minimum absolute atomic E-state index is 0.178. The van der Waals surface area contributed by atoms with Crippen molar-refractivity contribution in [3.63, 3.8) is 0 Å². The molecule has 3 aromatic rings. The van der Waals surface area contributed by atoms with Gasteiger partial charge < -0.3 is 9.88 Å². The van der Waals surface area contributed by atoms with Crippen LogP contribution in [0.15, 0.2) is 36.8 Å². The van der Waals surface area contributed by atoms with Crippen molar-refractivity contribution in [1.82, 2.24) is 19.3 Å². The zero-order valence-corrected chi connectivity index (χ0v) is 13.0. The molecule has 0 saturated heterocycles. The first-order chi connectivity index (χ1) is 11.2. The zero-order valence-electron chi connectivity index (χ0n) is 13.0. The Morgan fingerprint density at radius 2 is 2.22 bits per heavy atom. The van der Waals surface area contributed by atoms with E-state index in [1.807, 2.05) is 27.8 Å². The highest BCUT2D eigenvalue weighted by molar-refractivity contribution is 5.99. The summed E-state index contributed by atoms with van der Waals surface area (Å²) in [5.74, 6) is 1.69. The number of hydrogen-bond donors (Lipinski definition) is 1. The average Bonchev–Trinajstić information content (AvgIpc) is 3.05. The molecule has 3 heterocycles. The number of aromatic nitrogens is 3. The van der Waals surface area contributed by atoms with Crippen LogP contribution >= 0.6 is 0 Å². The number of rotatable bonds is 3. The molecule has 1 atom stereocenters. The molecule has 1 aliphatic heterocycles. The molecule has 5 nitrogen and oxygen atoms in total. The molecule has 23 heavy (non-hydrogen) atoms. The van der Waals surface area contributed by atoms with Crippen molar-refractivity contribution in [2.24, 2.45) is 5.92 Å². The molecular formula is C18H18N4O. The smallest absolute Gasteiger partial charge is 0.254 e. The van der Waals surface area contributed by atoms with Crippen LogP contribution in [0.1, 0.15) is 35.7 Å². The second-order valence-electron chi connectivity index (χ2n) is 6.71. The van der Waals surface area contributed by atoms with E-state index in [0.29, 0.717) is 12.0 Å². The largest absolute Gasteiger partial charge is 0.331 e. The SMILES string of the molecule is C[C@@H](C1CC1)N1Cc2ccc(-c3cn4ccnc4[nH]3)cc2C1=O. The van der Waals surface area contributed by atoms with Crippen LogP contribution in [-0.2, 0) is 6.54 Å². The third kappa shape index (κ3) is 1.92. The van der Waals surface area contributed by atoms with Crippen molar-refractivity contribution in [3.05, 3.63) is 47.9 Å². The molecule has 116 valence electrons. The summed E-state index contributed by atoms with van der Waals surface area (Å²) in [6.07, 6.45) is 8.20. The number of carbonyl (C=O) groups excluding carboxylic acids is 1. The summed E-state index contributed by atoms with van der Waals surface area (Å²) in [6.45, 7) is 2.93. The fourth-order valence-electron chi connectivity index (χ4n) is 3.61. The summed E-state index contributed by atoms with van der Waals surface area (Å²) < 4.78 is 1.95. The number of fused-ring (bicyclic) bond motifs is 2. The Balaban J connectivity index is 1.51. The van der Waals surface area contributed by atoms with Crippen LogP contribution < -0.4 is 0 Å². The van der Waals surface area contributed by atoms with Gasteiger partial charge in [-0.05, 0) is 37.3 Å². The van der Waals surface area contributed by atoms with Crippen LogP contribution in [0.4, 0.5) is 0 Å². The lowest BCUT2D eigenvalue weighted by atomic mass is 10.0. The number of nitrogens with one attached hydrogen (secondary N) is 1. The Morgan fingerprint density at radius 3 is 3.00 bits per heavy atom. The van der Waals surface area contributed by atoms with Crippen molar-refractivity contribution < 1.29 is 4.79 Å². The van der Waals surface area contributed by atoms with Crippen molar-refractivity contribution >= 4 is 11.7 Å². The molecule has 5 rings (SSSR count). The standard InChI is InChI=1S/C18H18N4O/c1-11(12-2-3-12)22-9-14-5-4-13(8-15(14)17(22)23)16-10-21-7-6-19-18(21)20-16/h4-8,10-12H,2-3,9H2,1H3,(H,19,20)/t11-/m0/s1. The third-order valence-corrected chi connectivity index (χ3v) is 5.23. The van der Waals surface area contributed by atoms with Gasteiger partial charge in [-0.2, -0.15) is 0 Å². The van der Waals surface area contributed by atoms with E-state index in [1.165, 1.54) is 12.8 Å². The third-order valence-electron chi connectivity index (χ3n) is 5.23. The molecule has 1 aliphatic carbocycles. The van der Waals surface area contributed by atoms with Crippen LogP contribution in [0.25, 0.3) is 17.0 Å². The minimum atomic E-state index is 0.178. The number of aromatic amines is 1. The highest BCUT2D eigenvalue weighted by atomic mass is 16.2. The topological polar surface area (TPSA) is 53.4 Å². The zero-order chi connectivity index (χ0) is 15.6. The van der Waals surface area contributed by atoms with Gasteiger partial charge in [0.15, 0.2) is 0 Å². The Kier molecular flexibility index (Phi) is 2.52. The number of benzene rings is 1. The molecule has 1 aromatic carbocycles. The summed E-state index contributed by atoms with van der Waals surface area (Å²) in [5.41, 5.74) is 4.01. The summed E-state index contributed by atoms with van der Waals surface area (Å²) >= 11 is 0. The molecule has 0 spiro atoms. The Bertz CT molecular complexity index is 890. The molecule has 2 aromatic heterocycles. The Labute approximate surface area is 133 Å². The first kappa shape index (κ1) is 12.9. The number of amides is 1. The first-order valence-corrected chi connectivity index (χ1v) is 8.16. The van der Waals surface area contributed by atoms with Crippen molar-refractivity contribution in [1.29, 1.82) is 0 Å². The normalized spacial score (nSPS) is 18.7. The fourth-order valence-corrected chi connectivity index (χ4v) is 3.61. The molecule has 0 unspecified atom stereocenters. The molecular weight excluding hydrogens is 288 g/mol. The van der Waals surface area contributed by atoms with Gasteiger partial charge in [0.05, 0.1) is 5.69 Å². The van der Waals surface area contributed by atoms with E-state index in [1.54, 1.807) is 6.20 Å². The monoisotopic (exact) mass is 306 g/mol. The molecule has 1 fully saturated rings. The second-order valence-corrected chi connectivity index (χ2v) is 6.71. The number of hydrogen-bond acceptors (Lipinski definition) is 2. The van der Waals surface area contributed by atoms with Crippen LogP contribution in [0.5, 0.6) is 0 Å². The summed E-state index contributed by atoms with van der Waals surface area (Å²) in [4.78, 5) is 22.3. The van der Waals surface area contributed by atoms with Gasteiger partial charge in [-0.15, -0.1) is 0 Å². The highest BCUT2D eigenvalue weighted by Crippen LogP contribution is 2.38. The van der Waals surface area contributed by atoms with Crippen LogP contribution in [0, 0.1) is 5.92 Å². The van der Waals surface area contributed by atoms with Gasteiger partial charge in [0, 0.05) is 42.3 Å². The molecule has 2 aliphatic rings. The van der Waals surface area contributed by atoms with E-state index in [-0.39, 0.29) is 5.91 Å². The number of nitrogens with zero attached hydrogens (tertiary/aromatic N) is 3. The molecule has 1 saturated carbocycles. The van der Waals surface area contributed by atoms with Crippen molar-refractivity contribution in [2.75, 3.05) is 0 Å². The highest BCUT2D eigenvalue weighted by Gasteiger charge is 2.38. The average molecular weight is 306 g/mol. The van der Waals surface area contributed by atoms with Crippen molar-refractivity contribution in [2.45, 2.75) is 32.4 Å². The maximum absolute atomic E-state index is 12.8. The summed E-state index contributed by atoms with van der Waals surface area (Å²) in [5, 5.41) is 0. The van der Waals surface area contributed by atoms with Gasteiger partial charge >= 0.3 is 0 Å². The predicted octanol–water partition coefficient (Wildman–Crippen LogP) is 3.08. The fraction of sp³-hybridized carbons (Fsp3) is 0.333. The number of imidazole rings is 2. The number of H-pyrrole nitrogens is 1. The van der Waals surface area contributed by atoms with Crippen LogP contribution in [0.3, 0.4) is 0 Å². The summed E-state index contributed by atoms with van der Waals surface area (Å²) in [6, 6.07) is 6.55. The van der Waals surface area contributed by atoms with Crippen LogP contribution in [-0.4, -0.2) is 31.2 Å². The molecule has 5 heteroatoms. The summed E-state index contributed by atoms with van der Waals surface area (Å²) in [7, 11) is 0. The van der Waals surface area contributed by atoms with Gasteiger partial charge in [0.25, 0.3) is 5.91 Å². The quantitative estimate of drug-likeness (QED) is 0.808. The van der Waals surface area contributed by atoms with E-state index in [2.05, 4.69) is 29.0 Å². The van der Waals surface area contributed by atoms with Crippen LogP contribution in [0.2, 0.25) is 0 Å². The molecule has 0 bridgehead atoms. The maximum atomic E-state index is 12.8. The number of carbonyl (C=O) groups is 1. The lowest BCUT2D eigenvalue weighted by molar-refractivity contribution is 0.0697. The van der Waals surface area contributed by atoms with Gasteiger partial charge in [-0.1, -0.05) is 12.1 Å². The maximum Gasteiger partial charge on any atom is 0.254 e. The van der Waals surface area contributed by atoms with E-state index >= 15 is 0 Å². The van der Waals surface area contributed by atoms with Gasteiger partial charge in [-0.3, -0.25) is 9.20 Å². The predicted molar refractivity (Wildman–Crippen MR) is 87.0 cm³/mol. The second kappa shape index (κ2) is 4.47. The Hall–Kier alpha value is -2.56. The first-order valence-electron chi connectivity index (χ1n) is 8.16.